The number of benzene rings is 1. The number of aromatic nitrogens is 2. The molecule has 0 bridgehead atoms. The van der Waals surface area contributed by atoms with Gasteiger partial charge in [0, 0.05) is 17.1 Å². The summed E-state index contributed by atoms with van der Waals surface area (Å²) in [4.78, 5) is 0. The fraction of sp³-hybridized carbons (Fsp3) is 0.364. The van der Waals surface area contributed by atoms with E-state index in [4.69, 9.17) is 5.73 Å². The van der Waals surface area contributed by atoms with E-state index in [1.165, 1.54) is 10.9 Å². The summed E-state index contributed by atoms with van der Waals surface area (Å²) < 4.78 is 0. The first-order chi connectivity index (χ1) is 6.66. The quantitative estimate of drug-likeness (QED) is 0.756. The Morgan fingerprint density at radius 3 is 3.00 bits per heavy atom. The van der Waals surface area contributed by atoms with E-state index in [1.807, 2.05) is 13.8 Å². The highest BCUT2D eigenvalue weighted by Crippen LogP contribution is 2.17. The van der Waals surface area contributed by atoms with Gasteiger partial charge >= 0.3 is 0 Å². The van der Waals surface area contributed by atoms with Crippen molar-refractivity contribution in [1.82, 2.24) is 10.2 Å². The third-order valence-corrected chi connectivity index (χ3v) is 2.37. The lowest BCUT2D eigenvalue weighted by molar-refractivity contribution is 0.738. The summed E-state index contributed by atoms with van der Waals surface area (Å²) in [6.07, 6.45) is 0.905. The van der Waals surface area contributed by atoms with Crippen LogP contribution in [0, 0.1) is 6.92 Å². The van der Waals surface area contributed by atoms with Crippen LogP contribution in [0.5, 0.6) is 0 Å². The van der Waals surface area contributed by atoms with Crippen LogP contribution in [0.4, 0.5) is 0 Å². The van der Waals surface area contributed by atoms with Crippen molar-refractivity contribution in [2.45, 2.75) is 26.3 Å². The van der Waals surface area contributed by atoms with E-state index in [0.717, 1.165) is 17.6 Å². The van der Waals surface area contributed by atoms with Crippen molar-refractivity contribution in [3.63, 3.8) is 0 Å². The first-order valence-electron chi connectivity index (χ1n) is 4.86. The van der Waals surface area contributed by atoms with E-state index in [2.05, 4.69) is 28.4 Å². The summed E-state index contributed by atoms with van der Waals surface area (Å²) in [5.74, 6) is 0. The maximum Gasteiger partial charge on any atom is 0.0926 e. The third-order valence-electron chi connectivity index (χ3n) is 2.37. The monoisotopic (exact) mass is 189 g/mol. The fourth-order valence-corrected chi connectivity index (χ4v) is 1.69. The summed E-state index contributed by atoms with van der Waals surface area (Å²) in [5, 5.41) is 8.39. The topological polar surface area (TPSA) is 54.7 Å². The molecule has 74 valence electrons. The van der Waals surface area contributed by atoms with Crippen LogP contribution in [-0.4, -0.2) is 16.2 Å². The lowest BCUT2D eigenvalue weighted by atomic mass is 10.1. The Hall–Kier alpha value is -1.35. The molecular formula is C11H15N3. The molecule has 1 aromatic carbocycles. The lowest BCUT2D eigenvalue weighted by Gasteiger charge is -2.04. The maximum absolute atomic E-state index is 5.75. The SMILES string of the molecule is Cc1[nH]nc2cc(CC(C)N)ccc12. The molecule has 2 aromatic rings. The van der Waals surface area contributed by atoms with Crippen molar-refractivity contribution in [1.29, 1.82) is 0 Å². The summed E-state index contributed by atoms with van der Waals surface area (Å²) in [6, 6.07) is 6.52. The Balaban J connectivity index is 2.42. The van der Waals surface area contributed by atoms with E-state index in [1.54, 1.807) is 0 Å². The predicted octanol–water partition coefficient (Wildman–Crippen LogP) is 1.76. The van der Waals surface area contributed by atoms with Gasteiger partial charge < -0.3 is 5.73 Å². The van der Waals surface area contributed by atoms with Gasteiger partial charge in [-0.2, -0.15) is 5.10 Å². The Bertz CT molecular complexity index is 443. The highest BCUT2D eigenvalue weighted by atomic mass is 15.1. The second-order valence-electron chi connectivity index (χ2n) is 3.88. The summed E-state index contributed by atoms with van der Waals surface area (Å²) in [7, 11) is 0. The zero-order valence-corrected chi connectivity index (χ0v) is 8.54. The van der Waals surface area contributed by atoms with Crippen molar-refractivity contribution in [2.24, 2.45) is 5.73 Å². The molecule has 3 nitrogen and oxygen atoms in total. The van der Waals surface area contributed by atoms with Gasteiger partial charge in [-0.1, -0.05) is 12.1 Å². The minimum Gasteiger partial charge on any atom is -0.328 e. The molecule has 1 heterocycles. The van der Waals surface area contributed by atoms with Crippen LogP contribution >= 0.6 is 0 Å². The molecule has 0 fully saturated rings. The van der Waals surface area contributed by atoms with Crippen LogP contribution in [-0.2, 0) is 6.42 Å². The molecule has 0 saturated heterocycles. The van der Waals surface area contributed by atoms with Crippen molar-refractivity contribution in [3.05, 3.63) is 29.5 Å². The van der Waals surface area contributed by atoms with E-state index in [-0.39, 0.29) is 6.04 Å². The van der Waals surface area contributed by atoms with Crippen LogP contribution in [0.15, 0.2) is 18.2 Å². The van der Waals surface area contributed by atoms with Crippen LogP contribution in [0.1, 0.15) is 18.2 Å². The second-order valence-corrected chi connectivity index (χ2v) is 3.88. The van der Waals surface area contributed by atoms with Crippen molar-refractivity contribution in [2.75, 3.05) is 0 Å². The first-order valence-corrected chi connectivity index (χ1v) is 4.86. The number of fused-ring (bicyclic) bond motifs is 1. The van der Waals surface area contributed by atoms with Gasteiger partial charge in [-0.15, -0.1) is 0 Å². The molecule has 0 saturated carbocycles. The van der Waals surface area contributed by atoms with E-state index < -0.39 is 0 Å². The molecule has 0 aliphatic rings. The molecule has 0 aliphatic carbocycles. The van der Waals surface area contributed by atoms with Crippen LogP contribution < -0.4 is 5.73 Å². The smallest absolute Gasteiger partial charge is 0.0926 e. The number of nitrogens with one attached hydrogen (secondary N) is 1. The minimum absolute atomic E-state index is 0.201. The van der Waals surface area contributed by atoms with Crippen molar-refractivity contribution < 1.29 is 0 Å². The second kappa shape index (κ2) is 3.42. The van der Waals surface area contributed by atoms with Crippen LogP contribution in [0.3, 0.4) is 0 Å². The average molecular weight is 189 g/mol. The number of nitrogens with zero attached hydrogens (tertiary/aromatic N) is 1. The molecule has 1 atom stereocenters. The molecular weight excluding hydrogens is 174 g/mol. The first kappa shape index (κ1) is 9.21. The number of rotatable bonds is 2. The number of aryl methyl sites for hydroxylation is 1. The third kappa shape index (κ3) is 1.63. The van der Waals surface area contributed by atoms with Gasteiger partial charge in [0.25, 0.3) is 0 Å². The molecule has 3 heteroatoms. The lowest BCUT2D eigenvalue weighted by Crippen LogP contribution is -2.17. The molecule has 0 amide bonds. The number of aromatic amines is 1. The van der Waals surface area contributed by atoms with Gasteiger partial charge in [-0.25, -0.2) is 0 Å². The average Bonchev–Trinajstić information content (AvgIpc) is 2.46. The van der Waals surface area contributed by atoms with E-state index >= 15 is 0 Å². The zero-order valence-electron chi connectivity index (χ0n) is 8.54. The minimum atomic E-state index is 0.201. The van der Waals surface area contributed by atoms with Gasteiger partial charge in [0.15, 0.2) is 0 Å². The van der Waals surface area contributed by atoms with E-state index in [0.29, 0.717) is 0 Å². The summed E-state index contributed by atoms with van der Waals surface area (Å²) in [5.41, 5.74) is 9.14. The Labute approximate surface area is 83.3 Å². The van der Waals surface area contributed by atoms with Gasteiger partial charge in [-0.05, 0) is 31.9 Å². The molecule has 1 unspecified atom stereocenters. The highest BCUT2D eigenvalue weighted by Gasteiger charge is 2.03. The zero-order chi connectivity index (χ0) is 10.1. The number of H-pyrrole nitrogens is 1. The summed E-state index contributed by atoms with van der Waals surface area (Å²) in [6.45, 7) is 4.04. The number of nitrogens with two attached hydrogens (primary N) is 1. The van der Waals surface area contributed by atoms with Crippen molar-refractivity contribution >= 4 is 10.9 Å². The standard InChI is InChI=1S/C11H15N3/c1-7(12)5-9-3-4-10-8(2)13-14-11(10)6-9/h3-4,6-7H,5,12H2,1-2H3,(H,13,14). The molecule has 3 N–H and O–H groups in total. The largest absolute Gasteiger partial charge is 0.328 e. The van der Waals surface area contributed by atoms with Gasteiger partial charge in [-0.3, -0.25) is 5.10 Å². The predicted molar refractivity (Wildman–Crippen MR) is 58.2 cm³/mol. The maximum atomic E-state index is 5.75. The molecule has 0 aliphatic heterocycles. The fourth-order valence-electron chi connectivity index (χ4n) is 1.69. The normalized spacial score (nSPS) is 13.4. The molecule has 0 spiro atoms. The number of hydrogen-bond donors (Lipinski definition) is 2. The van der Waals surface area contributed by atoms with Gasteiger partial charge in [0.2, 0.25) is 0 Å². The Morgan fingerprint density at radius 2 is 2.29 bits per heavy atom. The molecule has 2 rings (SSSR count). The van der Waals surface area contributed by atoms with Gasteiger partial charge in [0.05, 0.1) is 5.52 Å². The van der Waals surface area contributed by atoms with Gasteiger partial charge in [0.1, 0.15) is 0 Å². The highest BCUT2D eigenvalue weighted by molar-refractivity contribution is 5.81. The van der Waals surface area contributed by atoms with Crippen molar-refractivity contribution in [3.8, 4) is 0 Å². The molecule has 0 radical (unpaired) electrons. The summed E-state index contributed by atoms with van der Waals surface area (Å²) >= 11 is 0. The Kier molecular flexibility index (Phi) is 2.25. The van der Waals surface area contributed by atoms with E-state index in [9.17, 15) is 0 Å². The molecule has 1 aromatic heterocycles. The number of hydrogen-bond acceptors (Lipinski definition) is 2. The Morgan fingerprint density at radius 1 is 1.50 bits per heavy atom. The van der Waals surface area contributed by atoms with Crippen LogP contribution in [0.2, 0.25) is 0 Å². The van der Waals surface area contributed by atoms with Crippen LogP contribution in [0.25, 0.3) is 10.9 Å². The molecule has 14 heavy (non-hydrogen) atoms.